The summed E-state index contributed by atoms with van der Waals surface area (Å²) >= 11 is 0. The van der Waals surface area contributed by atoms with E-state index >= 15 is 0 Å². The van der Waals surface area contributed by atoms with Crippen molar-refractivity contribution in [3.8, 4) is 5.75 Å². The third-order valence-electron chi connectivity index (χ3n) is 3.13. The fraction of sp³-hybridized carbons (Fsp3) is 0.500. The van der Waals surface area contributed by atoms with E-state index in [1.54, 1.807) is 6.07 Å². The van der Waals surface area contributed by atoms with Gasteiger partial charge in [-0.25, -0.2) is 0 Å². The minimum Gasteiger partial charge on any atom is -0.508 e. The number of benzene rings is 1. The normalized spacial score (nSPS) is 20.5. The molecule has 14 heavy (non-hydrogen) atoms. The Kier molecular flexibility index (Phi) is 2.73. The summed E-state index contributed by atoms with van der Waals surface area (Å²) in [5.41, 5.74) is 8.03. The first kappa shape index (κ1) is 9.53. The first-order valence-electron chi connectivity index (χ1n) is 5.31. The Hall–Kier alpha value is -1.02. The van der Waals surface area contributed by atoms with Crippen LogP contribution in [0.15, 0.2) is 18.2 Å². The highest BCUT2D eigenvalue weighted by Gasteiger charge is 2.19. The van der Waals surface area contributed by atoms with Crippen LogP contribution in [0, 0.1) is 5.92 Å². The quantitative estimate of drug-likeness (QED) is 0.749. The van der Waals surface area contributed by atoms with Crippen LogP contribution < -0.4 is 5.73 Å². The smallest absolute Gasteiger partial charge is 0.119 e. The summed E-state index contributed by atoms with van der Waals surface area (Å²) in [4.78, 5) is 0. The summed E-state index contributed by atoms with van der Waals surface area (Å²) in [5.74, 6) is 1.18. The summed E-state index contributed by atoms with van der Waals surface area (Å²) < 4.78 is 0. The van der Waals surface area contributed by atoms with Gasteiger partial charge in [-0.3, -0.25) is 0 Å². The molecule has 1 aromatic carbocycles. The molecule has 76 valence electrons. The van der Waals surface area contributed by atoms with Gasteiger partial charge in [-0.15, -0.1) is 0 Å². The molecule has 0 fully saturated rings. The lowest BCUT2D eigenvalue weighted by Gasteiger charge is -2.24. The van der Waals surface area contributed by atoms with Gasteiger partial charge < -0.3 is 10.8 Å². The molecule has 0 aromatic heterocycles. The molecule has 0 heterocycles. The standard InChI is InChI=1S/C12H17NO/c13-7-6-9-4-5-11-10(8-9)2-1-3-12(11)14/h1-3,9,14H,4-8,13H2. The number of hydrogen-bond donors (Lipinski definition) is 2. The molecule has 0 amide bonds. The van der Waals surface area contributed by atoms with Crippen LogP contribution in [-0.2, 0) is 12.8 Å². The minimum atomic E-state index is 0.466. The number of aromatic hydroxyl groups is 1. The van der Waals surface area contributed by atoms with Crippen LogP contribution in [0.5, 0.6) is 5.75 Å². The highest BCUT2D eigenvalue weighted by molar-refractivity contribution is 5.40. The largest absolute Gasteiger partial charge is 0.508 e. The third-order valence-corrected chi connectivity index (χ3v) is 3.13. The molecule has 3 N–H and O–H groups in total. The first-order chi connectivity index (χ1) is 6.81. The summed E-state index contributed by atoms with van der Waals surface area (Å²) in [6.07, 6.45) is 4.37. The van der Waals surface area contributed by atoms with Crippen molar-refractivity contribution in [2.75, 3.05) is 6.54 Å². The summed E-state index contributed by atoms with van der Waals surface area (Å²) in [6.45, 7) is 0.777. The van der Waals surface area contributed by atoms with Crippen LogP contribution in [0.4, 0.5) is 0 Å². The number of nitrogens with two attached hydrogens (primary N) is 1. The Morgan fingerprint density at radius 1 is 1.43 bits per heavy atom. The van der Waals surface area contributed by atoms with E-state index in [1.807, 2.05) is 6.07 Å². The maximum absolute atomic E-state index is 9.65. The van der Waals surface area contributed by atoms with Gasteiger partial charge in [-0.05, 0) is 55.3 Å². The van der Waals surface area contributed by atoms with Gasteiger partial charge in [0.2, 0.25) is 0 Å². The van der Waals surface area contributed by atoms with E-state index < -0.39 is 0 Å². The maximum Gasteiger partial charge on any atom is 0.119 e. The Morgan fingerprint density at radius 3 is 3.07 bits per heavy atom. The SMILES string of the molecule is NCCC1CCc2c(O)cccc2C1. The van der Waals surface area contributed by atoms with Crippen LogP contribution in [0.1, 0.15) is 24.0 Å². The monoisotopic (exact) mass is 191 g/mol. The Bertz CT molecular complexity index is 322. The number of hydrogen-bond acceptors (Lipinski definition) is 2. The fourth-order valence-electron chi connectivity index (χ4n) is 2.34. The zero-order chi connectivity index (χ0) is 9.97. The molecule has 1 aromatic rings. The minimum absolute atomic E-state index is 0.466. The molecule has 0 saturated heterocycles. The van der Waals surface area contributed by atoms with Crippen LogP contribution >= 0.6 is 0 Å². The van der Waals surface area contributed by atoms with E-state index in [-0.39, 0.29) is 0 Å². The molecule has 0 aliphatic heterocycles. The summed E-state index contributed by atoms with van der Waals surface area (Å²) in [6, 6.07) is 5.83. The lowest BCUT2D eigenvalue weighted by molar-refractivity contribution is 0.413. The second kappa shape index (κ2) is 4.01. The molecule has 1 aliphatic carbocycles. The van der Waals surface area contributed by atoms with Gasteiger partial charge in [-0.1, -0.05) is 12.1 Å². The highest BCUT2D eigenvalue weighted by atomic mass is 16.3. The number of phenols is 1. The van der Waals surface area contributed by atoms with E-state index in [9.17, 15) is 5.11 Å². The van der Waals surface area contributed by atoms with Crippen molar-refractivity contribution in [3.05, 3.63) is 29.3 Å². The second-order valence-corrected chi connectivity index (χ2v) is 4.10. The van der Waals surface area contributed by atoms with Crippen molar-refractivity contribution in [2.45, 2.75) is 25.7 Å². The van der Waals surface area contributed by atoms with Crippen LogP contribution in [0.3, 0.4) is 0 Å². The molecular formula is C12H17NO. The van der Waals surface area contributed by atoms with Gasteiger partial charge in [0.1, 0.15) is 5.75 Å². The van der Waals surface area contributed by atoms with Gasteiger partial charge in [0, 0.05) is 0 Å². The molecule has 1 atom stereocenters. The third kappa shape index (κ3) is 1.75. The molecule has 0 bridgehead atoms. The predicted octanol–water partition coefficient (Wildman–Crippen LogP) is 1.85. The van der Waals surface area contributed by atoms with Crippen molar-refractivity contribution in [2.24, 2.45) is 11.7 Å². The van der Waals surface area contributed by atoms with Crippen molar-refractivity contribution in [1.29, 1.82) is 0 Å². The Morgan fingerprint density at radius 2 is 2.29 bits per heavy atom. The predicted molar refractivity (Wildman–Crippen MR) is 57.3 cm³/mol. The van der Waals surface area contributed by atoms with Crippen LogP contribution in [-0.4, -0.2) is 11.7 Å². The van der Waals surface area contributed by atoms with Crippen LogP contribution in [0.25, 0.3) is 0 Å². The average Bonchev–Trinajstić information content (AvgIpc) is 2.18. The lowest BCUT2D eigenvalue weighted by Crippen LogP contribution is -2.17. The lowest BCUT2D eigenvalue weighted by atomic mass is 9.82. The average molecular weight is 191 g/mol. The topological polar surface area (TPSA) is 46.2 Å². The Labute approximate surface area is 84.7 Å². The number of fused-ring (bicyclic) bond motifs is 1. The molecule has 2 rings (SSSR count). The molecule has 1 unspecified atom stereocenters. The van der Waals surface area contributed by atoms with Crippen molar-refractivity contribution in [1.82, 2.24) is 0 Å². The van der Waals surface area contributed by atoms with Crippen LogP contribution in [0.2, 0.25) is 0 Å². The Balaban J connectivity index is 2.18. The van der Waals surface area contributed by atoms with Gasteiger partial charge in [-0.2, -0.15) is 0 Å². The van der Waals surface area contributed by atoms with E-state index in [2.05, 4.69) is 6.07 Å². The first-order valence-corrected chi connectivity index (χ1v) is 5.31. The zero-order valence-electron chi connectivity index (χ0n) is 8.37. The van der Waals surface area contributed by atoms with Crippen molar-refractivity contribution < 1.29 is 5.11 Å². The molecule has 0 saturated carbocycles. The molecule has 0 spiro atoms. The number of rotatable bonds is 2. The van der Waals surface area contributed by atoms with Crippen molar-refractivity contribution in [3.63, 3.8) is 0 Å². The van der Waals surface area contributed by atoms with Gasteiger partial charge in [0.15, 0.2) is 0 Å². The summed E-state index contributed by atoms with van der Waals surface area (Å²) in [7, 11) is 0. The fourth-order valence-corrected chi connectivity index (χ4v) is 2.34. The molecule has 0 radical (unpaired) electrons. The van der Waals surface area contributed by atoms with E-state index in [1.165, 1.54) is 12.0 Å². The molecule has 2 heteroatoms. The van der Waals surface area contributed by atoms with Crippen molar-refractivity contribution >= 4 is 0 Å². The summed E-state index contributed by atoms with van der Waals surface area (Å²) in [5, 5.41) is 9.65. The van der Waals surface area contributed by atoms with Gasteiger partial charge in [0.25, 0.3) is 0 Å². The molecule has 2 nitrogen and oxygen atoms in total. The van der Waals surface area contributed by atoms with Gasteiger partial charge >= 0.3 is 0 Å². The van der Waals surface area contributed by atoms with E-state index in [0.717, 1.165) is 31.4 Å². The van der Waals surface area contributed by atoms with Gasteiger partial charge in [0.05, 0.1) is 0 Å². The second-order valence-electron chi connectivity index (χ2n) is 4.10. The van der Waals surface area contributed by atoms with E-state index in [4.69, 9.17) is 5.73 Å². The van der Waals surface area contributed by atoms with E-state index in [0.29, 0.717) is 11.7 Å². The molecule has 1 aliphatic rings. The highest BCUT2D eigenvalue weighted by Crippen LogP contribution is 2.32. The zero-order valence-corrected chi connectivity index (χ0v) is 8.37. The molecular weight excluding hydrogens is 174 g/mol. The number of phenolic OH excluding ortho intramolecular Hbond substituents is 1. The maximum atomic E-state index is 9.65.